The zero-order chi connectivity index (χ0) is 13.6. The lowest BCUT2D eigenvalue weighted by Gasteiger charge is -2.49. The number of carbonyl (C=O) groups is 2. The van der Waals surface area contributed by atoms with Crippen molar-refractivity contribution in [1.29, 1.82) is 0 Å². The van der Waals surface area contributed by atoms with Crippen LogP contribution in [-0.4, -0.2) is 28.8 Å². The molecule has 19 heavy (non-hydrogen) atoms. The molecule has 0 aromatic rings. The van der Waals surface area contributed by atoms with Crippen LogP contribution in [0.4, 0.5) is 0 Å². The average Bonchev–Trinajstić information content (AvgIpc) is 2.83. The van der Waals surface area contributed by atoms with E-state index in [-0.39, 0.29) is 29.2 Å². The van der Waals surface area contributed by atoms with Crippen molar-refractivity contribution in [3.05, 3.63) is 0 Å². The minimum Gasteiger partial charge on any atom is -0.328 e. The van der Waals surface area contributed by atoms with Crippen molar-refractivity contribution in [2.75, 3.05) is 6.54 Å². The molecule has 106 valence electrons. The molecule has 0 aromatic heterocycles. The van der Waals surface area contributed by atoms with Gasteiger partial charge in [-0.25, -0.2) is 0 Å². The fraction of sp³-hybridized carbons (Fsp3) is 0.867. The molecule has 2 bridgehead atoms. The van der Waals surface area contributed by atoms with E-state index in [1.54, 1.807) is 4.90 Å². The Hall–Kier alpha value is -0.900. The van der Waals surface area contributed by atoms with Gasteiger partial charge >= 0.3 is 0 Å². The van der Waals surface area contributed by atoms with Crippen LogP contribution < -0.4 is 5.73 Å². The summed E-state index contributed by atoms with van der Waals surface area (Å²) in [7, 11) is 0. The highest BCUT2D eigenvalue weighted by atomic mass is 16.2. The number of hydrogen-bond acceptors (Lipinski definition) is 3. The second kappa shape index (κ2) is 4.58. The van der Waals surface area contributed by atoms with Gasteiger partial charge in [0.05, 0.1) is 5.54 Å². The van der Waals surface area contributed by atoms with Crippen LogP contribution in [0.5, 0.6) is 0 Å². The van der Waals surface area contributed by atoms with E-state index in [0.29, 0.717) is 12.5 Å². The Morgan fingerprint density at radius 3 is 2.37 bits per heavy atom. The summed E-state index contributed by atoms with van der Waals surface area (Å²) in [6, 6.07) is 0. The molecule has 2 saturated carbocycles. The Labute approximate surface area is 114 Å². The first kappa shape index (κ1) is 13.1. The van der Waals surface area contributed by atoms with Crippen molar-refractivity contribution in [3.63, 3.8) is 0 Å². The van der Waals surface area contributed by atoms with Gasteiger partial charge in [-0.15, -0.1) is 0 Å². The molecule has 1 aliphatic heterocycles. The zero-order valence-corrected chi connectivity index (χ0v) is 11.7. The Bertz CT molecular complexity index is 387. The van der Waals surface area contributed by atoms with Gasteiger partial charge in [0.2, 0.25) is 11.8 Å². The van der Waals surface area contributed by atoms with Gasteiger partial charge in [0.1, 0.15) is 0 Å². The molecule has 3 rings (SSSR count). The normalized spacial score (nSPS) is 42.8. The predicted octanol–water partition coefficient (Wildman–Crippen LogP) is 1.68. The summed E-state index contributed by atoms with van der Waals surface area (Å²) in [6.07, 6.45) is 6.61. The molecular formula is C15H24N2O2. The van der Waals surface area contributed by atoms with E-state index in [9.17, 15) is 9.59 Å². The van der Waals surface area contributed by atoms with Crippen LogP contribution >= 0.6 is 0 Å². The van der Waals surface area contributed by atoms with Gasteiger partial charge in [-0.2, -0.15) is 0 Å². The number of nitrogens with zero attached hydrogens (tertiary/aromatic N) is 1. The van der Waals surface area contributed by atoms with Crippen molar-refractivity contribution < 1.29 is 9.59 Å². The maximum Gasteiger partial charge on any atom is 0.232 e. The van der Waals surface area contributed by atoms with Gasteiger partial charge in [-0.05, 0) is 38.0 Å². The minimum atomic E-state index is -0.382. The molecule has 0 aromatic carbocycles. The highest BCUT2D eigenvalue weighted by Gasteiger charge is 2.53. The van der Waals surface area contributed by atoms with Crippen LogP contribution in [-0.2, 0) is 9.59 Å². The summed E-state index contributed by atoms with van der Waals surface area (Å²) >= 11 is 0. The third-order valence-corrected chi connectivity index (χ3v) is 5.49. The van der Waals surface area contributed by atoms with Gasteiger partial charge < -0.3 is 5.73 Å². The fourth-order valence-corrected chi connectivity index (χ4v) is 4.48. The summed E-state index contributed by atoms with van der Waals surface area (Å²) in [4.78, 5) is 26.8. The number of nitrogens with two attached hydrogens (primary N) is 1. The zero-order valence-electron chi connectivity index (χ0n) is 11.7. The van der Waals surface area contributed by atoms with Crippen molar-refractivity contribution in [2.24, 2.45) is 23.5 Å². The number of piperidine rings is 1. The van der Waals surface area contributed by atoms with Crippen molar-refractivity contribution in [3.8, 4) is 0 Å². The van der Waals surface area contributed by atoms with Crippen LogP contribution in [0.1, 0.15) is 51.9 Å². The molecule has 0 spiro atoms. The number of fused-ring (bicyclic) bond motifs is 2. The molecule has 4 unspecified atom stereocenters. The van der Waals surface area contributed by atoms with E-state index in [1.165, 1.54) is 6.42 Å². The molecule has 1 heterocycles. The standard InChI is InChI=1S/C15H24N2O2/c1-10-3-2-6-15(8-10,9-16)17-13(18)11-4-5-12(7-11)14(17)19/h10-12H,2-9,16H2,1H3. The smallest absolute Gasteiger partial charge is 0.232 e. The lowest BCUT2D eigenvalue weighted by atomic mass is 9.73. The third kappa shape index (κ3) is 1.92. The van der Waals surface area contributed by atoms with Gasteiger partial charge in [0.25, 0.3) is 0 Å². The molecule has 1 saturated heterocycles. The average molecular weight is 264 g/mol. The fourth-order valence-electron chi connectivity index (χ4n) is 4.48. The summed E-state index contributed by atoms with van der Waals surface area (Å²) in [5.41, 5.74) is 5.64. The van der Waals surface area contributed by atoms with Gasteiger partial charge in [-0.3, -0.25) is 14.5 Å². The molecule has 3 fully saturated rings. The van der Waals surface area contributed by atoms with Gasteiger partial charge in [0, 0.05) is 18.4 Å². The number of amides is 2. The Balaban J connectivity index is 1.93. The second-order valence-corrected chi connectivity index (χ2v) is 6.85. The topological polar surface area (TPSA) is 63.4 Å². The maximum absolute atomic E-state index is 12.6. The number of rotatable bonds is 2. The molecular weight excluding hydrogens is 240 g/mol. The minimum absolute atomic E-state index is 0.0679. The molecule has 0 radical (unpaired) electrons. The Kier molecular flexibility index (Phi) is 3.16. The Morgan fingerprint density at radius 2 is 1.84 bits per heavy atom. The van der Waals surface area contributed by atoms with E-state index in [2.05, 4.69) is 6.92 Å². The summed E-state index contributed by atoms with van der Waals surface area (Å²) in [5, 5.41) is 0. The first-order valence-electron chi connectivity index (χ1n) is 7.65. The first-order valence-corrected chi connectivity index (χ1v) is 7.65. The van der Waals surface area contributed by atoms with Crippen molar-refractivity contribution in [2.45, 2.75) is 57.4 Å². The van der Waals surface area contributed by atoms with E-state index in [0.717, 1.165) is 38.5 Å². The SMILES string of the molecule is CC1CCCC(CN)(N2C(=O)C3CCC(C3)C2=O)C1. The molecule has 2 amide bonds. The molecule has 4 heteroatoms. The van der Waals surface area contributed by atoms with E-state index < -0.39 is 0 Å². The quantitative estimate of drug-likeness (QED) is 0.772. The maximum atomic E-state index is 12.6. The van der Waals surface area contributed by atoms with Crippen LogP contribution in [0, 0.1) is 17.8 Å². The summed E-state index contributed by atoms with van der Waals surface area (Å²) < 4.78 is 0. The van der Waals surface area contributed by atoms with Gasteiger partial charge in [-0.1, -0.05) is 19.8 Å². The van der Waals surface area contributed by atoms with Crippen LogP contribution in [0.3, 0.4) is 0 Å². The number of likely N-dealkylation sites (tertiary alicyclic amines) is 1. The first-order chi connectivity index (χ1) is 9.07. The van der Waals surface area contributed by atoms with Crippen LogP contribution in [0.2, 0.25) is 0 Å². The summed E-state index contributed by atoms with van der Waals surface area (Å²) in [6.45, 7) is 2.63. The van der Waals surface area contributed by atoms with Crippen molar-refractivity contribution >= 4 is 11.8 Å². The molecule has 2 N–H and O–H groups in total. The summed E-state index contributed by atoms with van der Waals surface area (Å²) in [5.74, 6) is 0.862. The number of imide groups is 1. The highest BCUT2D eigenvalue weighted by Crippen LogP contribution is 2.45. The largest absolute Gasteiger partial charge is 0.328 e. The molecule has 3 aliphatic rings. The Morgan fingerprint density at radius 1 is 1.21 bits per heavy atom. The molecule has 2 aliphatic carbocycles. The van der Waals surface area contributed by atoms with Gasteiger partial charge in [0.15, 0.2) is 0 Å². The molecule has 4 atom stereocenters. The third-order valence-electron chi connectivity index (χ3n) is 5.49. The lowest BCUT2D eigenvalue weighted by Crippen LogP contribution is -2.63. The van der Waals surface area contributed by atoms with E-state index >= 15 is 0 Å². The second-order valence-electron chi connectivity index (χ2n) is 6.85. The monoisotopic (exact) mass is 264 g/mol. The lowest BCUT2D eigenvalue weighted by molar-refractivity contribution is -0.162. The predicted molar refractivity (Wildman–Crippen MR) is 72.1 cm³/mol. The number of hydrogen-bond donors (Lipinski definition) is 1. The molecule has 4 nitrogen and oxygen atoms in total. The van der Waals surface area contributed by atoms with Crippen molar-refractivity contribution in [1.82, 2.24) is 4.90 Å². The van der Waals surface area contributed by atoms with Crippen LogP contribution in [0.25, 0.3) is 0 Å². The number of carbonyl (C=O) groups excluding carboxylic acids is 2. The highest BCUT2D eigenvalue weighted by molar-refractivity contribution is 6.01. The van der Waals surface area contributed by atoms with E-state index in [4.69, 9.17) is 5.73 Å². The van der Waals surface area contributed by atoms with E-state index in [1.807, 2.05) is 0 Å². The van der Waals surface area contributed by atoms with Crippen LogP contribution in [0.15, 0.2) is 0 Å².